The highest BCUT2D eigenvalue weighted by molar-refractivity contribution is 5.93. The largest absolute Gasteiger partial charge is 0.481 e. The van der Waals surface area contributed by atoms with Crippen molar-refractivity contribution in [1.29, 1.82) is 0 Å². The van der Waals surface area contributed by atoms with E-state index in [4.69, 9.17) is 9.26 Å². The van der Waals surface area contributed by atoms with E-state index in [9.17, 15) is 9.18 Å². The highest BCUT2D eigenvalue weighted by Gasteiger charge is 2.17. The van der Waals surface area contributed by atoms with Crippen LogP contribution in [0.1, 0.15) is 6.92 Å². The normalized spacial score (nSPS) is 11.8. The lowest BCUT2D eigenvalue weighted by Gasteiger charge is -2.13. The molecule has 0 aliphatic rings. The first-order chi connectivity index (χ1) is 11.6. The molecule has 3 aromatic rings. The van der Waals surface area contributed by atoms with Crippen molar-refractivity contribution in [2.24, 2.45) is 0 Å². The smallest absolute Gasteiger partial charge is 0.267 e. The Bertz CT molecular complexity index is 816. The van der Waals surface area contributed by atoms with Gasteiger partial charge in [0.05, 0.1) is 0 Å². The fraction of sp³-hybridized carbons (Fsp3) is 0.111. The average Bonchev–Trinajstić information content (AvgIpc) is 3.06. The third-order valence-electron chi connectivity index (χ3n) is 3.32. The first kappa shape index (κ1) is 15.7. The summed E-state index contributed by atoms with van der Waals surface area (Å²) in [7, 11) is 0. The van der Waals surface area contributed by atoms with Crippen molar-refractivity contribution in [3.8, 4) is 17.0 Å². The molecule has 0 spiro atoms. The summed E-state index contributed by atoms with van der Waals surface area (Å²) in [6.45, 7) is 1.59. The molecule has 1 aromatic heterocycles. The standard InChI is InChI=1S/C18H15FN2O3/c1-12(23-15-9-7-14(19)8-10-15)18(22)20-17-11-16(21-24-17)13-5-3-2-4-6-13/h2-12H,1H3,(H,20,22)/t12-/m1/s1. The molecule has 6 heteroatoms. The first-order valence-corrected chi connectivity index (χ1v) is 7.37. The number of rotatable bonds is 5. The summed E-state index contributed by atoms with van der Waals surface area (Å²) in [5, 5.41) is 6.52. The highest BCUT2D eigenvalue weighted by atomic mass is 19.1. The minimum atomic E-state index is -0.777. The van der Waals surface area contributed by atoms with Gasteiger partial charge in [-0.2, -0.15) is 0 Å². The Kier molecular flexibility index (Phi) is 4.56. The molecule has 0 radical (unpaired) electrons. The number of anilines is 1. The number of carbonyl (C=O) groups is 1. The number of carbonyl (C=O) groups excluding carboxylic acids is 1. The third-order valence-corrected chi connectivity index (χ3v) is 3.32. The highest BCUT2D eigenvalue weighted by Crippen LogP contribution is 2.21. The molecule has 5 nitrogen and oxygen atoms in total. The molecule has 24 heavy (non-hydrogen) atoms. The van der Waals surface area contributed by atoms with E-state index in [1.807, 2.05) is 30.3 Å². The molecular weight excluding hydrogens is 311 g/mol. The fourth-order valence-corrected chi connectivity index (χ4v) is 2.07. The lowest BCUT2D eigenvalue weighted by Crippen LogP contribution is -2.29. The molecule has 3 rings (SSSR count). The first-order valence-electron chi connectivity index (χ1n) is 7.37. The van der Waals surface area contributed by atoms with Crippen molar-refractivity contribution >= 4 is 11.8 Å². The van der Waals surface area contributed by atoms with E-state index in [0.29, 0.717) is 11.4 Å². The van der Waals surface area contributed by atoms with Gasteiger partial charge in [-0.05, 0) is 31.2 Å². The van der Waals surface area contributed by atoms with Crippen LogP contribution in [-0.4, -0.2) is 17.2 Å². The molecule has 0 aliphatic carbocycles. The van der Waals surface area contributed by atoms with Crippen LogP contribution < -0.4 is 10.1 Å². The number of nitrogens with zero attached hydrogens (tertiary/aromatic N) is 1. The zero-order valence-electron chi connectivity index (χ0n) is 12.9. The Morgan fingerprint density at radius 1 is 1.17 bits per heavy atom. The topological polar surface area (TPSA) is 64.4 Å². The summed E-state index contributed by atoms with van der Waals surface area (Å²) in [6, 6.07) is 16.6. The molecule has 1 amide bonds. The molecule has 2 aromatic carbocycles. The number of benzene rings is 2. The van der Waals surface area contributed by atoms with Crippen LogP contribution in [0.5, 0.6) is 5.75 Å². The molecule has 1 heterocycles. The summed E-state index contributed by atoms with van der Waals surface area (Å²) in [4.78, 5) is 12.1. The zero-order valence-corrected chi connectivity index (χ0v) is 12.9. The van der Waals surface area contributed by atoms with Crippen LogP contribution in [0, 0.1) is 5.82 Å². The zero-order chi connectivity index (χ0) is 16.9. The number of ether oxygens (including phenoxy) is 1. The van der Waals surface area contributed by atoms with E-state index < -0.39 is 12.0 Å². The molecule has 0 bridgehead atoms. The molecule has 0 unspecified atom stereocenters. The SMILES string of the molecule is C[C@@H](Oc1ccc(F)cc1)C(=O)Nc1cc(-c2ccccc2)no1. The van der Waals surface area contributed by atoms with Crippen molar-refractivity contribution in [2.75, 3.05) is 5.32 Å². The van der Waals surface area contributed by atoms with Gasteiger partial charge in [0.1, 0.15) is 17.3 Å². The van der Waals surface area contributed by atoms with Crippen molar-refractivity contribution in [3.63, 3.8) is 0 Å². The summed E-state index contributed by atoms with van der Waals surface area (Å²) in [5.41, 5.74) is 1.51. The van der Waals surface area contributed by atoms with Crippen LogP contribution >= 0.6 is 0 Å². The molecule has 1 N–H and O–H groups in total. The van der Waals surface area contributed by atoms with Gasteiger partial charge in [0.15, 0.2) is 6.10 Å². The van der Waals surface area contributed by atoms with Gasteiger partial charge in [-0.15, -0.1) is 0 Å². The van der Waals surface area contributed by atoms with Gasteiger partial charge in [0, 0.05) is 11.6 Å². The Balaban J connectivity index is 1.62. The third kappa shape index (κ3) is 3.78. The maximum absolute atomic E-state index is 12.9. The van der Waals surface area contributed by atoms with Crippen LogP contribution in [0.2, 0.25) is 0 Å². The van der Waals surface area contributed by atoms with Gasteiger partial charge in [-0.25, -0.2) is 4.39 Å². The monoisotopic (exact) mass is 326 g/mol. The molecule has 0 fully saturated rings. The second kappa shape index (κ2) is 6.95. The molecule has 122 valence electrons. The maximum atomic E-state index is 12.9. The Morgan fingerprint density at radius 2 is 1.88 bits per heavy atom. The van der Waals surface area contributed by atoms with Crippen LogP contribution in [-0.2, 0) is 4.79 Å². The molecule has 1 atom stereocenters. The molecule has 0 aliphatic heterocycles. The quantitative estimate of drug-likeness (QED) is 0.772. The number of aromatic nitrogens is 1. The lowest BCUT2D eigenvalue weighted by atomic mass is 10.1. The number of amides is 1. The fourth-order valence-electron chi connectivity index (χ4n) is 2.07. The van der Waals surface area contributed by atoms with Crippen LogP contribution in [0.3, 0.4) is 0 Å². The minimum absolute atomic E-state index is 0.230. The Labute approximate surface area is 138 Å². The molecular formula is C18H15FN2O3. The van der Waals surface area contributed by atoms with E-state index in [1.54, 1.807) is 13.0 Å². The van der Waals surface area contributed by atoms with Crippen LogP contribution in [0.4, 0.5) is 10.3 Å². The lowest BCUT2D eigenvalue weighted by molar-refractivity contribution is -0.122. The molecule has 0 saturated carbocycles. The number of hydrogen-bond acceptors (Lipinski definition) is 4. The van der Waals surface area contributed by atoms with Crippen molar-refractivity contribution in [3.05, 3.63) is 66.5 Å². The van der Waals surface area contributed by atoms with Crippen LogP contribution in [0.15, 0.2) is 65.2 Å². The van der Waals surface area contributed by atoms with Crippen molar-refractivity contribution in [2.45, 2.75) is 13.0 Å². The second-order valence-corrected chi connectivity index (χ2v) is 5.15. The van der Waals surface area contributed by atoms with E-state index in [1.165, 1.54) is 24.3 Å². The van der Waals surface area contributed by atoms with Gasteiger partial charge >= 0.3 is 0 Å². The number of hydrogen-bond donors (Lipinski definition) is 1. The predicted octanol–water partition coefficient (Wildman–Crippen LogP) is 3.89. The number of nitrogens with one attached hydrogen (secondary N) is 1. The maximum Gasteiger partial charge on any atom is 0.267 e. The Morgan fingerprint density at radius 3 is 2.58 bits per heavy atom. The van der Waals surface area contributed by atoms with E-state index in [-0.39, 0.29) is 11.7 Å². The van der Waals surface area contributed by atoms with E-state index >= 15 is 0 Å². The van der Waals surface area contributed by atoms with Gasteiger partial charge in [0.2, 0.25) is 5.88 Å². The van der Waals surface area contributed by atoms with E-state index in [0.717, 1.165) is 5.56 Å². The van der Waals surface area contributed by atoms with Gasteiger partial charge < -0.3 is 9.26 Å². The summed E-state index contributed by atoms with van der Waals surface area (Å²) < 4.78 is 23.4. The van der Waals surface area contributed by atoms with Crippen molar-refractivity contribution in [1.82, 2.24) is 5.16 Å². The summed E-state index contributed by atoms with van der Waals surface area (Å²) >= 11 is 0. The van der Waals surface area contributed by atoms with Gasteiger partial charge in [0.25, 0.3) is 5.91 Å². The van der Waals surface area contributed by atoms with Crippen molar-refractivity contribution < 1.29 is 18.4 Å². The molecule has 0 saturated heterocycles. The van der Waals surface area contributed by atoms with Crippen LogP contribution in [0.25, 0.3) is 11.3 Å². The minimum Gasteiger partial charge on any atom is -0.481 e. The summed E-state index contributed by atoms with van der Waals surface area (Å²) in [5.74, 6) is -0.125. The van der Waals surface area contributed by atoms with E-state index in [2.05, 4.69) is 10.5 Å². The average molecular weight is 326 g/mol. The summed E-state index contributed by atoms with van der Waals surface area (Å²) in [6.07, 6.45) is -0.777. The number of halogens is 1. The second-order valence-electron chi connectivity index (χ2n) is 5.15. The van der Waals surface area contributed by atoms with Gasteiger partial charge in [-0.1, -0.05) is 35.5 Å². The predicted molar refractivity (Wildman–Crippen MR) is 87.1 cm³/mol. The Hall–Kier alpha value is -3.15. The van der Waals surface area contributed by atoms with Gasteiger partial charge in [-0.3, -0.25) is 10.1 Å².